The molecule has 1 saturated heterocycles. The summed E-state index contributed by atoms with van der Waals surface area (Å²) in [6.07, 6.45) is 5.84. The van der Waals surface area contributed by atoms with Crippen LogP contribution in [-0.2, 0) is 4.74 Å². The number of allylic oxidation sites excluding steroid dienone is 1. The van der Waals surface area contributed by atoms with Crippen LogP contribution in [0.15, 0.2) is 12.2 Å². The molecule has 0 aromatic carbocycles. The second-order valence-electron chi connectivity index (χ2n) is 3.68. The SMILES string of the molecule is C/C=C/CN1CCC(C#N)(OC)CC1. The van der Waals surface area contributed by atoms with E-state index in [1.165, 1.54) is 0 Å². The normalized spacial score (nSPS) is 22.4. The predicted octanol–water partition coefficient (Wildman–Crippen LogP) is 1.57. The lowest BCUT2D eigenvalue weighted by atomic mass is 9.93. The third kappa shape index (κ3) is 2.57. The van der Waals surface area contributed by atoms with Crippen molar-refractivity contribution in [1.29, 1.82) is 5.26 Å². The minimum Gasteiger partial charge on any atom is -0.363 e. The van der Waals surface area contributed by atoms with Crippen molar-refractivity contribution in [3.63, 3.8) is 0 Å². The average molecular weight is 194 g/mol. The maximum Gasteiger partial charge on any atom is 0.156 e. The van der Waals surface area contributed by atoms with Gasteiger partial charge in [-0.15, -0.1) is 0 Å². The van der Waals surface area contributed by atoms with E-state index in [9.17, 15) is 0 Å². The number of methoxy groups -OCH3 is 1. The molecule has 0 aromatic heterocycles. The third-order valence-electron chi connectivity index (χ3n) is 2.86. The Morgan fingerprint density at radius 2 is 2.14 bits per heavy atom. The van der Waals surface area contributed by atoms with E-state index < -0.39 is 5.60 Å². The van der Waals surface area contributed by atoms with E-state index in [4.69, 9.17) is 10.00 Å². The van der Waals surface area contributed by atoms with Gasteiger partial charge in [0.15, 0.2) is 5.60 Å². The maximum atomic E-state index is 9.00. The zero-order chi connectivity index (χ0) is 10.4. The molecule has 0 aromatic rings. The summed E-state index contributed by atoms with van der Waals surface area (Å²) < 4.78 is 5.27. The molecule has 0 amide bonds. The Morgan fingerprint density at radius 1 is 1.50 bits per heavy atom. The molecule has 1 aliphatic heterocycles. The molecule has 0 radical (unpaired) electrons. The summed E-state index contributed by atoms with van der Waals surface area (Å²) in [5.74, 6) is 0. The van der Waals surface area contributed by atoms with Gasteiger partial charge >= 0.3 is 0 Å². The number of ether oxygens (including phenoxy) is 1. The van der Waals surface area contributed by atoms with E-state index in [2.05, 4.69) is 23.1 Å². The van der Waals surface area contributed by atoms with Crippen molar-refractivity contribution in [1.82, 2.24) is 4.90 Å². The lowest BCUT2D eigenvalue weighted by Crippen LogP contribution is -2.44. The van der Waals surface area contributed by atoms with Crippen molar-refractivity contribution in [3.05, 3.63) is 12.2 Å². The molecule has 0 aliphatic carbocycles. The maximum absolute atomic E-state index is 9.00. The summed E-state index contributed by atoms with van der Waals surface area (Å²) in [7, 11) is 1.63. The topological polar surface area (TPSA) is 36.3 Å². The fraction of sp³-hybridized carbons (Fsp3) is 0.727. The lowest BCUT2D eigenvalue weighted by Gasteiger charge is -2.35. The molecule has 14 heavy (non-hydrogen) atoms. The predicted molar refractivity (Wildman–Crippen MR) is 55.8 cm³/mol. The van der Waals surface area contributed by atoms with Gasteiger partial charge in [0.1, 0.15) is 0 Å². The molecule has 1 aliphatic rings. The van der Waals surface area contributed by atoms with Crippen LogP contribution in [0.5, 0.6) is 0 Å². The van der Waals surface area contributed by atoms with Gasteiger partial charge in [-0.1, -0.05) is 12.2 Å². The zero-order valence-corrected chi connectivity index (χ0v) is 8.99. The van der Waals surface area contributed by atoms with Crippen LogP contribution >= 0.6 is 0 Å². The monoisotopic (exact) mass is 194 g/mol. The Labute approximate surface area is 86.0 Å². The first kappa shape index (κ1) is 11.2. The number of piperidine rings is 1. The Morgan fingerprint density at radius 3 is 2.57 bits per heavy atom. The van der Waals surface area contributed by atoms with Crippen molar-refractivity contribution in [3.8, 4) is 6.07 Å². The highest BCUT2D eigenvalue weighted by Crippen LogP contribution is 2.24. The van der Waals surface area contributed by atoms with Gasteiger partial charge in [0.25, 0.3) is 0 Å². The molecule has 78 valence electrons. The molecular formula is C11H18N2O. The van der Waals surface area contributed by atoms with E-state index >= 15 is 0 Å². The largest absolute Gasteiger partial charge is 0.363 e. The number of nitriles is 1. The molecule has 0 N–H and O–H groups in total. The van der Waals surface area contributed by atoms with E-state index in [1.807, 2.05) is 6.92 Å². The van der Waals surface area contributed by atoms with E-state index in [0.717, 1.165) is 32.5 Å². The van der Waals surface area contributed by atoms with Gasteiger partial charge in [0.05, 0.1) is 6.07 Å². The lowest BCUT2D eigenvalue weighted by molar-refractivity contribution is -0.0116. The second-order valence-corrected chi connectivity index (χ2v) is 3.68. The molecule has 0 unspecified atom stereocenters. The van der Waals surface area contributed by atoms with Gasteiger partial charge in [-0.2, -0.15) is 5.26 Å². The van der Waals surface area contributed by atoms with Crippen molar-refractivity contribution >= 4 is 0 Å². The Hall–Kier alpha value is -0.850. The van der Waals surface area contributed by atoms with Crippen LogP contribution in [-0.4, -0.2) is 37.2 Å². The highest BCUT2D eigenvalue weighted by Gasteiger charge is 2.33. The number of hydrogen-bond donors (Lipinski definition) is 0. The Balaban J connectivity index is 2.41. The fourth-order valence-corrected chi connectivity index (χ4v) is 1.71. The zero-order valence-electron chi connectivity index (χ0n) is 8.99. The molecule has 1 rings (SSSR count). The van der Waals surface area contributed by atoms with E-state index in [-0.39, 0.29) is 0 Å². The summed E-state index contributed by atoms with van der Waals surface area (Å²) >= 11 is 0. The van der Waals surface area contributed by atoms with E-state index in [1.54, 1.807) is 7.11 Å². The van der Waals surface area contributed by atoms with Crippen LogP contribution in [0, 0.1) is 11.3 Å². The molecule has 1 fully saturated rings. The molecule has 1 heterocycles. The van der Waals surface area contributed by atoms with Gasteiger partial charge in [0, 0.05) is 39.6 Å². The average Bonchev–Trinajstić information content (AvgIpc) is 2.27. The van der Waals surface area contributed by atoms with Gasteiger partial charge in [-0.25, -0.2) is 0 Å². The molecule has 0 saturated carbocycles. The van der Waals surface area contributed by atoms with Crippen molar-refractivity contribution in [2.24, 2.45) is 0 Å². The molecule has 0 bridgehead atoms. The van der Waals surface area contributed by atoms with Gasteiger partial charge in [-0.3, -0.25) is 4.90 Å². The van der Waals surface area contributed by atoms with E-state index in [0.29, 0.717) is 0 Å². The minimum atomic E-state index is -0.521. The highest BCUT2D eigenvalue weighted by molar-refractivity contribution is 5.05. The summed E-state index contributed by atoms with van der Waals surface area (Å²) in [5.41, 5.74) is -0.521. The standard InChI is InChI=1S/C11H18N2O/c1-3-4-7-13-8-5-11(10-12,14-2)6-9-13/h3-4H,5-9H2,1-2H3/b4-3+. The first-order valence-corrected chi connectivity index (χ1v) is 5.06. The molecular weight excluding hydrogens is 176 g/mol. The smallest absolute Gasteiger partial charge is 0.156 e. The Bertz CT molecular complexity index is 234. The highest BCUT2D eigenvalue weighted by atomic mass is 16.5. The number of nitrogens with zero attached hydrogens (tertiary/aromatic N) is 2. The third-order valence-corrected chi connectivity index (χ3v) is 2.86. The number of rotatable bonds is 3. The van der Waals surface area contributed by atoms with Gasteiger partial charge in [-0.05, 0) is 6.92 Å². The van der Waals surface area contributed by atoms with Crippen molar-refractivity contribution < 1.29 is 4.74 Å². The fourth-order valence-electron chi connectivity index (χ4n) is 1.71. The minimum absolute atomic E-state index is 0.521. The van der Waals surface area contributed by atoms with Crippen LogP contribution in [0.3, 0.4) is 0 Å². The Kier molecular flexibility index (Phi) is 4.12. The molecule has 3 heteroatoms. The van der Waals surface area contributed by atoms with Crippen molar-refractivity contribution in [2.75, 3.05) is 26.7 Å². The molecule has 0 spiro atoms. The summed E-state index contributed by atoms with van der Waals surface area (Å²) in [4.78, 5) is 2.34. The first-order valence-electron chi connectivity index (χ1n) is 5.06. The van der Waals surface area contributed by atoms with Crippen LogP contribution in [0.4, 0.5) is 0 Å². The summed E-state index contributed by atoms with van der Waals surface area (Å²) in [6.45, 7) is 4.91. The molecule has 0 atom stereocenters. The van der Waals surface area contributed by atoms with Crippen LogP contribution in [0.2, 0.25) is 0 Å². The molecule has 3 nitrogen and oxygen atoms in total. The summed E-state index contributed by atoms with van der Waals surface area (Å²) in [6, 6.07) is 2.28. The van der Waals surface area contributed by atoms with Crippen LogP contribution < -0.4 is 0 Å². The van der Waals surface area contributed by atoms with Gasteiger partial charge in [0.2, 0.25) is 0 Å². The van der Waals surface area contributed by atoms with Crippen LogP contribution in [0.25, 0.3) is 0 Å². The van der Waals surface area contributed by atoms with Gasteiger partial charge < -0.3 is 4.74 Å². The van der Waals surface area contributed by atoms with Crippen LogP contribution in [0.1, 0.15) is 19.8 Å². The number of likely N-dealkylation sites (tertiary alicyclic amines) is 1. The second kappa shape index (κ2) is 5.14. The quantitative estimate of drug-likeness (QED) is 0.640. The number of hydrogen-bond acceptors (Lipinski definition) is 3. The van der Waals surface area contributed by atoms with Crippen molar-refractivity contribution in [2.45, 2.75) is 25.4 Å². The summed E-state index contributed by atoms with van der Waals surface area (Å²) in [5, 5.41) is 9.00. The first-order chi connectivity index (χ1) is 6.76.